The number of aliphatic hydroxyl groups is 1. The molecule has 0 bridgehead atoms. The number of alkyl halides is 2. The largest absolute Gasteiger partial charge is 0.390 e. The van der Waals surface area contributed by atoms with Crippen LogP contribution in [0.4, 0.5) is 8.78 Å². The summed E-state index contributed by atoms with van der Waals surface area (Å²) in [4.78, 5) is 2.06. The third-order valence-electron chi connectivity index (χ3n) is 4.14. The Morgan fingerprint density at radius 1 is 1.37 bits per heavy atom. The van der Waals surface area contributed by atoms with Gasteiger partial charge >= 0.3 is 0 Å². The van der Waals surface area contributed by atoms with Gasteiger partial charge in [-0.3, -0.25) is 4.90 Å². The van der Waals surface area contributed by atoms with Gasteiger partial charge in [-0.25, -0.2) is 13.5 Å². The van der Waals surface area contributed by atoms with E-state index in [2.05, 4.69) is 15.2 Å². The minimum absolute atomic E-state index is 0.000560. The normalized spacial score (nSPS) is 35.0. The number of hydrogen-bond donors (Lipinski definition) is 1. The Labute approximate surface area is 110 Å². The minimum Gasteiger partial charge on any atom is -0.390 e. The Hall–Kier alpha value is -1.08. The second kappa shape index (κ2) is 4.79. The van der Waals surface area contributed by atoms with Crippen molar-refractivity contribution < 1.29 is 13.9 Å². The van der Waals surface area contributed by atoms with Gasteiger partial charge in [0.25, 0.3) is 0 Å². The molecule has 1 aliphatic heterocycles. The van der Waals surface area contributed by atoms with Gasteiger partial charge in [0.2, 0.25) is 5.92 Å². The van der Waals surface area contributed by atoms with Crippen molar-refractivity contribution in [2.45, 2.75) is 37.3 Å². The lowest BCUT2D eigenvalue weighted by atomic mass is 10.1. The first kappa shape index (κ1) is 12.9. The van der Waals surface area contributed by atoms with Gasteiger partial charge < -0.3 is 5.11 Å². The first-order valence-electron chi connectivity index (χ1n) is 6.67. The van der Waals surface area contributed by atoms with E-state index in [1.807, 2.05) is 0 Å². The lowest BCUT2D eigenvalue weighted by molar-refractivity contribution is 0.00364. The van der Waals surface area contributed by atoms with E-state index in [9.17, 15) is 13.9 Å². The average molecular weight is 272 g/mol. The van der Waals surface area contributed by atoms with E-state index in [-0.39, 0.29) is 24.8 Å². The van der Waals surface area contributed by atoms with E-state index in [0.717, 1.165) is 0 Å². The third-order valence-corrected chi connectivity index (χ3v) is 4.14. The van der Waals surface area contributed by atoms with Crippen molar-refractivity contribution in [1.82, 2.24) is 19.9 Å². The zero-order valence-corrected chi connectivity index (χ0v) is 10.6. The summed E-state index contributed by atoms with van der Waals surface area (Å²) >= 11 is 0. The van der Waals surface area contributed by atoms with Crippen molar-refractivity contribution in [2.75, 3.05) is 19.6 Å². The molecule has 0 radical (unpaired) electrons. The van der Waals surface area contributed by atoms with E-state index >= 15 is 0 Å². The Balaban J connectivity index is 1.57. The minimum atomic E-state index is -2.49. The SMILES string of the molecule is O[C@@H]1CN(CC2CCC(F)(F)C2)C[C@H]1n1ccnn1. The van der Waals surface area contributed by atoms with Crippen molar-refractivity contribution in [3.63, 3.8) is 0 Å². The molecule has 1 aromatic rings. The van der Waals surface area contributed by atoms with Gasteiger partial charge in [0, 0.05) is 38.7 Å². The molecule has 5 nitrogen and oxygen atoms in total. The van der Waals surface area contributed by atoms with Crippen molar-refractivity contribution in [3.05, 3.63) is 12.4 Å². The Kier molecular flexibility index (Phi) is 3.26. The quantitative estimate of drug-likeness (QED) is 0.889. The van der Waals surface area contributed by atoms with Crippen LogP contribution in [0.2, 0.25) is 0 Å². The van der Waals surface area contributed by atoms with Crippen LogP contribution in [-0.2, 0) is 0 Å². The van der Waals surface area contributed by atoms with Gasteiger partial charge in [-0.15, -0.1) is 5.10 Å². The van der Waals surface area contributed by atoms with Gasteiger partial charge in [-0.05, 0) is 12.3 Å². The summed E-state index contributed by atoms with van der Waals surface area (Å²) in [5.41, 5.74) is 0. The topological polar surface area (TPSA) is 54.2 Å². The number of nitrogens with zero attached hydrogens (tertiary/aromatic N) is 4. The van der Waals surface area contributed by atoms with Crippen molar-refractivity contribution in [2.24, 2.45) is 5.92 Å². The maximum atomic E-state index is 13.2. The second-order valence-electron chi connectivity index (χ2n) is 5.70. The molecule has 1 N–H and O–H groups in total. The lowest BCUT2D eigenvalue weighted by Gasteiger charge is -2.19. The Bertz CT molecular complexity index is 425. The molecule has 2 aliphatic rings. The summed E-state index contributed by atoms with van der Waals surface area (Å²) in [5.74, 6) is -2.45. The predicted octanol–water partition coefficient (Wildman–Crippen LogP) is 0.931. The van der Waals surface area contributed by atoms with Crippen LogP contribution in [0.5, 0.6) is 0 Å². The number of β-amino-alcohol motifs (C(OH)–C–C–N with tert-alkyl or cyclic N) is 1. The molecule has 1 aromatic heterocycles. The smallest absolute Gasteiger partial charge is 0.248 e. The molecule has 3 atom stereocenters. The van der Waals surface area contributed by atoms with Gasteiger partial charge in [0.1, 0.15) is 0 Å². The summed E-state index contributed by atoms with van der Waals surface area (Å²) in [7, 11) is 0. The highest BCUT2D eigenvalue weighted by Crippen LogP contribution is 2.39. The third kappa shape index (κ3) is 2.76. The van der Waals surface area contributed by atoms with E-state index in [1.54, 1.807) is 17.1 Å². The zero-order chi connectivity index (χ0) is 13.5. The fourth-order valence-electron chi connectivity index (χ4n) is 3.21. The molecule has 1 saturated carbocycles. The molecule has 1 aliphatic carbocycles. The highest BCUT2D eigenvalue weighted by Gasteiger charge is 2.41. The average Bonchev–Trinajstić information content (AvgIpc) is 3.00. The van der Waals surface area contributed by atoms with Crippen molar-refractivity contribution >= 4 is 0 Å². The molecule has 2 heterocycles. The van der Waals surface area contributed by atoms with E-state index in [1.165, 1.54) is 0 Å². The van der Waals surface area contributed by atoms with Crippen LogP contribution < -0.4 is 0 Å². The summed E-state index contributed by atoms with van der Waals surface area (Å²) < 4.78 is 28.0. The fraction of sp³-hybridized carbons (Fsp3) is 0.833. The van der Waals surface area contributed by atoms with Crippen LogP contribution in [0.3, 0.4) is 0 Å². The first-order chi connectivity index (χ1) is 9.03. The molecule has 1 unspecified atom stereocenters. The van der Waals surface area contributed by atoms with Gasteiger partial charge in [-0.1, -0.05) is 5.21 Å². The van der Waals surface area contributed by atoms with Gasteiger partial charge in [0.15, 0.2) is 0 Å². The molecular formula is C12H18F2N4O. The number of aromatic nitrogens is 3. The highest BCUT2D eigenvalue weighted by atomic mass is 19.3. The van der Waals surface area contributed by atoms with Crippen LogP contribution >= 0.6 is 0 Å². The molecule has 3 rings (SSSR count). The number of aliphatic hydroxyl groups excluding tert-OH is 1. The summed E-state index contributed by atoms with van der Waals surface area (Å²) in [6.07, 6.45) is 3.35. The first-order valence-corrected chi connectivity index (χ1v) is 6.67. The van der Waals surface area contributed by atoms with Crippen LogP contribution in [0, 0.1) is 5.92 Å². The monoisotopic (exact) mass is 272 g/mol. The van der Waals surface area contributed by atoms with Crippen LogP contribution in [-0.4, -0.2) is 56.7 Å². The second-order valence-corrected chi connectivity index (χ2v) is 5.70. The van der Waals surface area contributed by atoms with Gasteiger partial charge in [0.05, 0.1) is 18.3 Å². The maximum absolute atomic E-state index is 13.2. The maximum Gasteiger partial charge on any atom is 0.248 e. The highest BCUT2D eigenvalue weighted by molar-refractivity contribution is 4.91. The fourth-order valence-corrected chi connectivity index (χ4v) is 3.21. The molecule has 0 amide bonds. The number of halogens is 2. The van der Waals surface area contributed by atoms with E-state index in [0.29, 0.717) is 26.1 Å². The molecule has 19 heavy (non-hydrogen) atoms. The summed E-state index contributed by atoms with van der Waals surface area (Å²) in [5, 5.41) is 17.7. The lowest BCUT2D eigenvalue weighted by Crippen LogP contribution is -2.28. The van der Waals surface area contributed by atoms with Crippen LogP contribution in [0.1, 0.15) is 25.3 Å². The zero-order valence-electron chi connectivity index (χ0n) is 10.6. The van der Waals surface area contributed by atoms with Gasteiger partial charge in [-0.2, -0.15) is 0 Å². The molecule has 0 spiro atoms. The van der Waals surface area contributed by atoms with Crippen molar-refractivity contribution in [1.29, 1.82) is 0 Å². The van der Waals surface area contributed by atoms with Crippen LogP contribution in [0.25, 0.3) is 0 Å². The number of hydrogen-bond acceptors (Lipinski definition) is 4. The number of likely N-dealkylation sites (tertiary alicyclic amines) is 1. The Morgan fingerprint density at radius 2 is 2.21 bits per heavy atom. The molecule has 0 aromatic carbocycles. The Morgan fingerprint density at radius 3 is 2.84 bits per heavy atom. The molecule has 1 saturated heterocycles. The summed E-state index contributed by atoms with van der Waals surface area (Å²) in [6.45, 7) is 1.80. The van der Waals surface area contributed by atoms with E-state index < -0.39 is 12.0 Å². The van der Waals surface area contributed by atoms with Crippen LogP contribution in [0.15, 0.2) is 12.4 Å². The van der Waals surface area contributed by atoms with Crippen molar-refractivity contribution in [3.8, 4) is 0 Å². The predicted molar refractivity (Wildman–Crippen MR) is 63.8 cm³/mol. The summed E-state index contributed by atoms with van der Waals surface area (Å²) in [6, 6.07) is -0.121. The number of rotatable bonds is 3. The molecule has 106 valence electrons. The molecule has 7 heteroatoms. The van der Waals surface area contributed by atoms with E-state index in [4.69, 9.17) is 0 Å². The molecular weight excluding hydrogens is 254 g/mol. The molecule has 2 fully saturated rings. The standard InChI is InChI=1S/C12H18F2N4O/c13-12(14)2-1-9(5-12)6-17-7-10(11(19)8-17)18-4-3-15-16-18/h3-4,9-11,19H,1-2,5-8H2/t9?,10-,11-/m1/s1.